The Bertz CT molecular complexity index is 383. The number of anilines is 1. The van der Waals surface area contributed by atoms with Crippen molar-refractivity contribution in [3.05, 3.63) is 17.4 Å². The summed E-state index contributed by atoms with van der Waals surface area (Å²) in [5.74, 6) is 1.26. The minimum Gasteiger partial charge on any atom is -0.369 e. The Morgan fingerprint density at radius 3 is 2.62 bits per heavy atom. The van der Waals surface area contributed by atoms with Crippen molar-refractivity contribution in [3.63, 3.8) is 0 Å². The molecule has 5 heteroatoms. The van der Waals surface area contributed by atoms with E-state index < -0.39 is 0 Å². The molecule has 2 unspecified atom stereocenters. The molecule has 2 fully saturated rings. The lowest BCUT2D eigenvalue weighted by molar-refractivity contribution is 0.356. The molecule has 2 aliphatic rings. The number of halogens is 1. The van der Waals surface area contributed by atoms with Gasteiger partial charge < -0.3 is 10.6 Å². The molecule has 0 amide bonds. The maximum absolute atomic E-state index is 6.17. The summed E-state index contributed by atoms with van der Waals surface area (Å²) in [4.78, 5) is 2.34. The normalized spacial score (nSPS) is 33.1. The molecule has 3 atom stereocenters. The number of hydrogen-bond acceptors (Lipinski definition) is 4. The van der Waals surface area contributed by atoms with E-state index in [0.717, 1.165) is 18.8 Å². The third-order valence-corrected chi connectivity index (χ3v) is 4.07. The Morgan fingerprint density at radius 2 is 2.00 bits per heavy atom. The maximum Gasteiger partial charge on any atom is 0.153 e. The van der Waals surface area contributed by atoms with E-state index in [1.807, 2.05) is 6.07 Å². The van der Waals surface area contributed by atoms with Crippen molar-refractivity contribution >= 4 is 17.3 Å². The van der Waals surface area contributed by atoms with E-state index in [2.05, 4.69) is 15.1 Å². The SMILES string of the molecule is NC1C2CC[C@H]1CN(c1cnnc(Cl)c1)C2. The third kappa shape index (κ3) is 1.66. The van der Waals surface area contributed by atoms with Crippen molar-refractivity contribution < 1.29 is 0 Å². The molecule has 1 aromatic rings. The standard InChI is InChI=1S/C11H15ClN4/c12-10-3-9(4-14-15-10)16-5-7-1-2-8(6-16)11(7)13/h3-4,7-8,11H,1-2,5-6,13H2/t7-,8?,11?/m0/s1. The fourth-order valence-electron chi connectivity index (χ4n) is 2.98. The van der Waals surface area contributed by atoms with Crippen LogP contribution in [-0.2, 0) is 0 Å². The molecule has 1 saturated carbocycles. The quantitative estimate of drug-likeness (QED) is 0.802. The molecule has 0 aromatic carbocycles. The zero-order valence-electron chi connectivity index (χ0n) is 9.01. The fraction of sp³-hybridized carbons (Fsp3) is 0.636. The number of piperidine rings is 1. The van der Waals surface area contributed by atoms with Gasteiger partial charge in [0.15, 0.2) is 5.15 Å². The summed E-state index contributed by atoms with van der Waals surface area (Å²) in [5.41, 5.74) is 7.25. The van der Waals surface area contributed by atoms with Gasteiger partial charge in [-0.25, -0.2) is 0 Å². The van der Waals surface area contributed by atoms with E-state index in [9.17, 15) is 0 Å². The molecular formula is C11H15ClN4. The Hall–Kier alpha value is -0.870. The van der Waals surface area contributed by atoms with Gasteiger partial charge in [0.1, 0.15) is 0 Å². The van der Waals surface area contributed by atoms with E-state index in [1.165, 1.54) is 12.8 Å². The lowest BCUT2D eigenvalue weighted by Crippen LogP contribution is -2.48. The first kappa shape index (κ1) is 10.3. The number of nitrogens with zero attached hydrogens (tertiary/aromatic N) is 3. The minimum absolute atomic E-state index is 0.390. The van der Waals surface area contributed by atoms with Crippen molar-refractivity contribution in [2.75, 3.05) is 18.0 Å². The van der Waals surface area contributed by atoms with Crippen LogP contribution in [0.15, 0.2) is 12.3 Å². The van der Waals surface area contributed by atoms with Crippen LogP contribution < -0.4 is 10.6 Å². The van der Waals surface area contributed by atoms with E-state index in [-0.39, 0.29) is 0 Å². The van der Waals surface area contributed by atoms with Crippen LogP contribution in [0.2, 0.25) is 5.15 Å². The molecule has 3 rings (SSSR count). The highest BCUT2D eigenvalue weighted by Crippen LogP contribution is 2.37. The van der Waals surface area contributed by atoms with Crippen LogP contribution in [0.5, 0.6) is 0 Å². The molecule has 1 saturated heterocycles. The second-order valence-corrected chi connectivity index (χ2v) is 5.20. The highest BCUT2D eigenvalue weighted by Gasteiger charge is 2.39. The molecule has 2 heterocycles. The summed E-state index contributed by atoms with van der Waals surface area (Å²) in [7, 11) is 0. The van der Waals surface area contributed by atoms with Crippen LogP contribution in [0.4, 0.5) is 5.69 Å². The largest absolute Gasteiger partial charge is 0.369 e. The summed E-state index contributed by atoms with van der Waals surface area (Å²) < 4.78 is 0. The fourth-order valence-corrected chi connectivity index (χ4v) is 3.14. The van der Waals surface area contributed by atoms with Gasteiger partial charge >= 0.3 is 0 Å². The van der Waals surface area contributed by atoms with Crippen LogP contribution in [-0.4, -0.2) is 29.3 Å². The van der Waals surface area contributed by atoms with Gasteiger partial charge in [-0.05, 0) is 24.7 Å². The smallest absolute Gasteiger partial charge is 0.153 e. The van der Waals surface area contributed by atoms with E-state index in [0.29, 0.717) is 23.0 Å². The van der Waals surface area contributed by atoms with Crippen LogP contribution >= 0.6 is 11.6 Å². The Labute approximate surface area is 99.8 Å². The van der Waals surface area contributed by atoms with E-state index in [4.69, 9.17) is 17.3 Å². The minimum atomic E-state index is 0.390. The third-order valence-electron chi connectivity index (χ3n) is 3.88. The highest BCUT2D eigenvalue weighted by molar-refractivity contribution is 6.29. The average Bonchev–Trinajstić information content (AvgIpc) is 2.53. The molecule has 86 valence electrons. The summed E-state index contributed by atoms with van der Waals surface area (Å²) in [5, 5.41) is 8.12. The first-order chi connectivity index (χ1) is 7.74. The maximum atomic E-state index is 6.17. The predicted molar refractivity (Wildman–Crippen MR) is 63.4 cm³/mol. The van der Waals surface area contributed by atoms with Gasteiger partial charge in [0.2, 0.25) is 0 Å². The van der Waals surface area contributed by atoms with Gasteiger partial charge in [-0.3, -0.25) is 0 Å². The zero-order valence-corrected chi connectivity index (χ0v) is 9.77. The predicted octanol–water partition coefficient (Wildman–Crippen LogP) is 1.30. The van der Waals surface area contributed by atoms with Crippen LogP contribution in [0.3, 0.4) is 0 Å². The topological polar surface area (TPSA) is 55.0 Å². The second kappa shape index (κ2) is 3.86. The summed E-state index contributed by atoms with van der Waals surface area (Å²) in [6.45, 7) is 2.05. The number of rotatable bonds is 1. The van der Waals surface area contributed by atoms with Gasteiger partial charge in [0.05, 0.1) is 11.9 Å². The van der Waals surface area contributed by atoms with Gasteiger partial charge in [0, 0.05) is 25.2 Å². The Kier molecular flexibility index (Phi) is 2.48. The summed E-state index contributed by atoms with van der Waals surface area (Å²) >= 11 is 5.86. The van der Waals surface area contributed by atoms with Crippen LogP contribution in [0, 0.1) is 11.8 Å². The van der Waals surface area contributed by atoms with Gasteiger partial charge in [-0.2, -0.15) is 5.10 Å². The molecule has 1 aliphatic carbocycles. The lowest BCUT2D eigenvalue weighted by atomic mass is 9.93. The van der Waals surface area contributed by atoms with Gasteiger partial charge in [-0.1, -0.05) is 11.6 Å². The monoisotopic (exact) mass is 238 g/mol. The molecular weight excluding hydrogens is 224 g/mol. The van der Waals surface area contributed by atoms with Crippen molar-refractivity contribution in [3.8, 4) is 0 Å². The van der Waals surface area contributed by atoms with Crippen molar-refractivity contribution in [1.82, 2.24) is 10.2 Å². The first-order valence-electron chi connectivity index (χ1n) is 5.73. The highest BCUT2D eigenvalue weighted by atomic mass is 35.5. The molecule has 0 spiro atoms. The van der Waals surface area contributed by atoms with Crippen molar-refractivity contribution in [1.29, 1.82) is 0 Å². The Balaban J connectivity index is 1.83. The second-order valence-electron chi connectivity index (χ2n) is 4.82. The number of aromatic nitrogens is 2. The number of fused-ring (bicyclic) bond motifs is 2. The lowest BCUT2D eigenvalue weighted by Gasteiger charge is -2.37. The van der Waals surface area contributed by atoms with Crippen LogP contribution in [0.25, 0.3) is 0 Å². The van der Waals surface area contributed by atoms with E-state index >= 15 is 0 Å². The average molecular weight is 239 g/mol. The summed E-state index contributed by atoms with van der Waals surface area (Å²) in [6, 6.07) is 2.27. The Morgan fingerprint density at radius 1 is 1.31 bits per heavy atom. The molecule has 1 aliphatic heterocycles. The molecule has 2 N–H and O–H groups in total. The molecule has 1 aromatic heterocycles. The number of nitrogens with two attached hydrogens (primary N) is 1. The van der Waals surface area contributed by atoms with E-state index in [1.54, 1.807) is 6.20 Å². The first-order valence-corrected chi connectivity index (χ1v) is 6.10. The van der Waals surface area contributed by atoms with Crippen molar-refractivity contribution in [2.24, 2.45) is 17.6 Å². The van der Waals surface area contributed by atoms with Gasteiger partial charge in [-0.15, -0.1) is 5.10 Å². The zero-order chi connectivity index (χ0) is 11.1. The molecule has 0 radical (unpaired) electrons. The van der Waals surface area contributed by atoms with Crippen molar-refractivity contribution in [2.45, 2.75) is 18.9 Å². The molecule has 2 bridgehead atoms. The molecule has 4 nitrogen and oxygen atoms in total. The van der Waals surface area contributed by atoms with Crippen LogP contribution in [0.1, 0.15) is 12.8 Å². The molecule has 16 heavy (non-hydrogen) atoms. The van der Waals surface area contributed by atoms with Gasteiger partial charge in [0.25, 0.3) is 0 Å². The number of hydrogen-bond donors (Lipinski definition) is 1. The summed E-state index contributed by atoms with van der Waals surface area (Å²) in [6.07, 6.45) is 4.30.